The molecule has 1 saturated heterocycles. The molecule has 4 rings (SSSR count). The number of nitrogens with zero attached hydrogens (tertiary/aromatic N) is 3. The monoisotopic (exact) mass is 473 g/mol. The van der Waals surface area contributed by atoms with Gasteiger partial charge in [0.25, 0.3) is 0 Å². The molecule has 35 heavy (non-hydrogen) atoms. The van der Waals surface area contributed by atoms with Crippen LogP contribution in [0.4, 0.5) is 0 Å². The summed E-state index contributed by atoms with van der Waals surface area (Å²) in [6.45, 7) is 11.9. The second-order valence-corrected chi connectivity index (χ2v) is 11.3. The van der Waals surface area contributed by atoms with Crippen molar-refractivity contribution < 1.29 is 10.2 Å². The standard InChI is InChI=1S/C30H39N3O2/c1-21(2)24-7-9-25(10-8-24)30(35,28(4)19-33(6)20-28)27-14-23(16-32-18-27)11-12-29(5,34)26-13-22(3)15-31-17-26/h7-10,13-18,21,34-35H,11-12,19-20H2,1-6H3. The largest absolute Gasteiger partial charge is 0.385 e. The fraction of sp³-hybridized carbons (Fsp3) is 0.467. The summed E-state index contributed by atoms with van der Waals surface area (Å²) in [5.74, 6) is 0.434. The van der Waals surface area contributed by atoms with E-state index in [9.17, 15) is 10.2 Å². The average molecular weight is 474 g/mol. The second kappa shape index (κ2) is 9.45. The molecule has 0 bridgehead atoms. The molecule has 5 heteroatoms. The van der Waals surface area contributed by atoms with Crippen LogP contribution >= 0.6 is 0 Å². The van der Waals surface area contributed by atoms with Crippen molar-refractivity contribution in [3.05, 3.63) is 94.6 Å². The van der Waals surface area contributed by atoms with E-state index in [2.05, 4.69) is 73.0 Å². The molecule has 1 aromatic carbocycles. The van der Waals surface area contributed by atoms with Crippen molar-refractivity contribution in [2.45, 2.75) is 64.6 Å². The van der Waals surface area contributed by atoms with Crippen molar-refractivity contribution >= 4 is 0 Å². The van der Waals surface area contributed by atoms with E-state index < -0.39 is 11.2 Å². The minimum Gasteiger partial charge on any atom is -0.385 e. The number of hydrogen-bond acceptors (Lipinski definition) is 5. The molecule has 2 N–H and O–H groups in total. The number of likely N-dealkylation sites (tertiary alicyclic amines) is 1. The number of hydrogen-bond donors (Lipinski definition) is 2. The maximum Gasteiger partial charge on any atom is 0.124 e. The van der Waals surface area contributed by atoms with E-state index in [0.29, 0.717) is 18.8 Å². The Bertz CT molecular complexity index is 1170. The summed E-state index contributed by atoms with van der Waals surface area (Å²) in [6, 6.07) is 12.4. The molecule has 1 fully saturated rings. The third-order valence-electron chi connectivity index (χ3n) is 7.72. The molecule has 5 nitrogen and oxygen atoms in total. The predicted molar refractivity (Wildman–Crippen MR) is 140 cm³/mol. The Labute approximate surface area is 209 Å². The van der Waals surface area contributed by atoms with E-state index in [1.807, 2.05) is 26.1 Å². The van der Waals surface area contributed by atoms with E-state index >= 15 is 0 Å². The van der Waals surface area contributed by atoms with Gasteiger partial charge in [-0.2, -0.15) is 0 Å². The van der Waals surface area contributed by atoms with Gasteiger partial charge in [-0.25, -0.2) is 0 Å². The van der Waals surface area contributed by atoms with Crippen LogP contribution in [-0.4, -0.2) is 45.2 Å². The highest BCUT2D eigenvalue weighted by atomic mass is 16.3. The summed E-state index contributed by atoms with van der Waals surface area (Å²) in [4.78, 5) is 11.0. The van der Waals surface area contributed by atoms with Crippen molar-refractivity contribution in [2.75, 3.05) is 20.1 Å². The van der Waals surface area contributed by atoms with Crippen LogP contribution < -0.4 is 0 Å². The molecule has 2 aromatic heterocycles. The van der Waals surface area contributed by atoms with E-state index in [1.54, 1.807) is 18.6 Å². The van der Waals surface area contributed by atoms with Crippen LogP contribution in [0.15, 0.2) is 61.2 Å². The van der Waals surface area contributed by atoms with Crippen molar-refractivity contribution in [1.29, 1.82) is 0 Å². The summed E-state index contributed by atoms with van der Waals surface area (Å²) in [7, 11) is 2.08. The van der Waals surface area contributed by atoms with Crippen molar-refractivity contribution in [3.8, 4) is 0 Å². The Kier molecular flexibility index (Phi) is 6.89. The minimum atomic E-state index is -1.17. The molecular weight excluding hydrogens is 434 g/mol. The SMILES string of the molecule is Cc1cncc(C(C)(O)CCc2cncc(C(O)(c3ccc(C(C)C)cc3)C3(C)CN(C)C3)c2)c1. The third kappa shape index (κ3) is 4.90. The summed E-state index contributed by atoms with van der Waals surface area (Å²) >= 11 is 0. The van der Waals surface area contributed by atoms with Crippen LogP contribution in [0.3, 0.4) is 0 Å². The van der Waals surface area contributed by atoms with E-state index in [1.165, 1.54) is 5.56 Å². The summed E-state index contributed by atoms with van der Waals surface area (Å²) in [5.41, 5.74) is 3.30. The van der Waals surface area contributed by atoms with Gasteiger partial charge in [-0.1, -0.05) is 51.1 Å². The Morgan fingerprint density at radius 3 is 2.17 bits per heavy atom. The van der Waals surface area contributed by atoms with Gasteiger partial charge in [0.15, 0.2) is 0 Å². The molecule has 0 aliphatic carbocycles. The molecule has 3 heterocycles. The smallest absolute Gasteiger partial charge is 0.124 e. The zero-order chi connectivity index (χ0) is 25.4. The normalized spacial score (nSPS) is 19.1. The van der Waals surface area contributed by atoms with Gasteiger partial charge >= 0.3 is 0 Å². The fourth-order valence-electron chi connectivity index (χ4n) is 5.55. The van der Waals surface area contributed by atoms with Gasteiger partial charge in [-0.05, 0) is 68.0 Å². The van der Waals surface area contributed by atoms with Gasteiger partial charge in [-0.3, -0.25) is 9.97 Å². The summed E-state index contributed by atoms with van der Waals surface area (Å²) in [6.07, 6.45) is 8.33. The topological polar surface area (TPSA) is 69.5 Å². The lowest BCUT2D eigenvalue weighted by Gasteiger charge is -2.56. The first-order valence-electron chi connectivity index (χ1n) is 12.5. The Hall–Kier alpha value is -2.60. The highest BCUT2D eigenvalue weighted by molar-refractivity contribution is 5.42. The van der Waals surface area contributed by atoms with Crippen LogP contribution in [0.2, 0.25) is 0 Å². The zero-order valence-electron chi connectivity index (χ0n) is 21.9. The molecule has 0 radical (unpaired) electrons. The Balaban J connectivity index is 1.65. The van der Waals surface area contributed by atoms with Gasteiger partial charge in [0.2, 0.25) is 0 Å². The molecule has 1 aliphatic heterocycles. The Morgan fingerprint density at radius 1 is 0.943 bits per heavy atom. The molecule has 0 amide bonds. The molecule has 2 unspecified atom stereocenters. The molecule has 1 aliphatic rings. The first-order valence-corrected chi connectivity index (χ1v) is 12.5. The lowest BCUT2D eigenvalue weighted by molar-refractivity contribution is -0.127. The molecule has 186 valence electrons. The van der Waals surface area contributed by atoms with Gasteiger partial charge in [-0.15, -0.1) is 0 Å². The highest BCUT2D eigenvalue weighted by Crippen LogP contribution is 2.50. The minimum absolute atomic E-state index is 0.333. The number of aliphatic hydroxyl groups is 2. The maximum absolute atomic E-state index is 12.4. The quantitative estimate of drug-likeness (QED) is 0.485. The molecular formula is C30H39N3O2. The summed E-state index contributed by atoms with van der Waals surface area (Å²) < 4.78 is 0. The van der Waals surface area contributed by atoms with Crippen LogP contribution in [0.25, 0.3) is 0 Å². The van der Waals surface area contributed by atoms with Gasteiger partial charge in [0.1, 0.15) is 5.60 Å². The number of aryl methyl sites for hydroxylation is 2. The van der Waals surface area contributed by atoms with Crippen molar-refractivity contribution in [2.24, 2.45) is 5.41 Å². The number of pyridine rings is 2. The number of rotatable bonds is 8. The van der Waals surface area contributed by atoms with Crippen LogP contribution in [0.1, 0.15) is 73.4 Å². The zero-order valence-corrected chi connectivity index (χ0v) is 21.9. The van der Waals surface area contributed by atoms with Crippen LogP contribution in [0.5, 0.6) is 0 Å². The van der Waals surface area contributed by atoms with Crippen LogP contribution in [0, 0.1) is 12.3 Å². The van der Waals surface area contributed by atoms with Gasteiger partial charge in [0.05, 0.1) is 5.60 Å². The van der Waals surface area contributed by atoms with Crippen molar-refractivity contribution in [3.63, 3.8) is 0 Å². The average Bonchev–Trinajstić information content (AvgIpc) is 2.81. The lowest BCUT2D eigenvalue weighted by Crippen LogP contribution is -2.63. The third-order valence-corrected chi connectivity index (χ3v) is 7.72. The highest BCUT2D eigenvalue weighted by Gasteiger charge is 2.55. The van der Waals surface area contributed by atoms with Crippen molar-refractivity contribution in [1.82, 2.24) is 14.9 Å². The first kappa shape index (κ1) is 25.5. The van der Waals surface area contributed by atoms with E-state index in [-0.39, 0.29) is 5.41 Å². The van der Waals surface area contributed by atoms with E-state index in [4.69, 9.17) is 0 Å². The lowest BCUT2D eigenvalue weighted by atomic mass is 9.62. The predicted octanol–water partition coefficient (Wildman–Crippen LogP) is 4.94. The van der Waals surface area contributed by atoms with Gasteiger partial charge < -0.3 is 15.1 Å². The number of benzene rings is 1. The van der Waals surface area contributed by atoms with Crippen LogP contribution in [-0.2, 0) is 17.6 Å². The second-order valence-electron chi connectivity index (χ2n) is 11.3. The number of aromatic nitrogens is 2. The first-order chi connectivity index (χ1) is 16.4. The Morgan fingerprint density at radius 2 is 1.57 bits per heavy atom. The molecule has 2 atom stereocenters. The molecule has 0 spiro atoms. The molecule has 3 aromatic rings. The molecule has 0 saturated carbocycles. The van der Waals surface area contributed by atoms with E-state index in [0.717, 1.165) is 40.9 Å². The van der Waals surface area contributed by atoms with Gasteiger partial charge in [0, 0.05) is 54.4 Å². The maximum atomic E-state index is 12.4. The fourth-order valence-corrected chi connectivity index (χ4v) is 5.55. The summed E-state index contributed by atoms with van der Waals surface area (Å²) in [5, 5.41) is 23.6.